The van der Waals surface area contributed by atoms with Gasteiger partial charge in [0.15, 0.2) is 0 Å². The van der Waals surface area contributed by atoms with Gasteiger partial charge in [0, 0.05) is 0 Å². The molecule has 1 aromatic carbocycles. The Bertz CT molecular complexity index is 574. The molecule has 8 nitrogen and oxygen atoms in total. The average molecular weight is 298 g/mol. The van der Waals surface area contributed by atoms with Gasteiger partial charge in [-0.1, -0.05) is 13.8 Å². The van der Waals surface area contributed by atoms with E-state index in [0.29, 0.717) is 0 Å². The Morgan fingerprint density at radius 1 is 0.810 bits per heavy atom. The van der Waals surface area contributed by atoms with Crippen molar-refractivity contribution in [3.8, 4) is 0 Å². The number of carboxylic acids is 4. The van der Waals surface area contributed by atoms with Crippen LogP contribution < -0.4 is 0 Å². The molecular formula is C13H14O8. The molecule has 0 spiro atoms. The summed E-state index contributed by atoms with van der Waals surface area (Å²) < 4.78 is 0. The maximum Gasteiger partial charge on any atom is 0.336 e. The summed E-state index contributed by atoms with van der Waals surface area (Å²) >= 11 is 0. The molecule has 21 heavy (non-hydrogen) atoms. The van der Waals surface area contributed by atoms with E-state index in [9.17, 15) is 19.2 Å². The fourth-order valence-corrected chi connectivity index (χ4v) is 1.04. The van der Waals surface area contributed by atoms with Gasteiger partial charge in [-0.05, 0) is 18.2 Å². The molecule has 0 unspecified atom stereocenters. The van der Waals surface area contributed by atoms with Gasteiger partial charge in [0.1, 0.15) is 0 Å². The first kappa shape index (κ1) is 18.1. The second kappa shape index (κ2) is 7.63. The van der Waals surface area contributed by atoms with Gasteiger partial charge in [-0.15, -0.1) is 0 Å². The van der Waals surface area contributed by atoms with Crippen molar-refractivity contribution >= 4 is 23.9 Å². The summed E-state index contributed by atoms with van der Waals surface area (Å²) in [5.74, 6) is -5.17. The molecule has 0 fully saturated rings. The highest BCUT2D eigenvalue weighted by Crippen LogP contribution is 2.12. The summed E-state index contributed by atoms with van der Waals surface area (Å²) in [6, 6.07) is 2.81. The number of aromatic carboxylic acids is 3. The zero-order valence-electron chi connectivity index (χ0n) is 11.2. The van der Waals surface area contributed by atoms with Crippen molar-refractivity contribution in [3.05, 3.63) is 34.9 Å². The quantitative estimate of drug-likeness (QED) is 0.653. The maximum absolute atomic E-state index is 10.6. The van der Waals surface area contributed by atoms with Gasteiger partial charge in [-0.2, -0.15) is 0 Å². The van der Waals surface area contributed by atoms with E-state index in [-0.39, 0.29) is 11.5 Å². The molecule has 1 aromatic rings. The maximum atomic E-state index is 10.6. The van der Waals surface area contributed by atoms with Crippen LogP contribution in [0.3, 0.4) is 0 Å². The van der Waals surface area contributed by atoms with E-state index in [1.165, 1.54) is 0 Å². The topological polar surface area (TPSA) is 149 Å². The Morgan fingerprint density at radius 2 is 1.24 bits per heavy atom. The molecule has 0 heterocycles. The van der Waals surface area contributed by atoms with Crippen molar-refractivity contribution < 1.29 is 39.6 Å². The van der Waals surface area contributed by atoms with Gasteiger partial charge >= 0.3 is 23.9 Å². The van der Waals surface area contributed by atoms with Gasteiger partial charge in [0.05, 0.1) is 22.6 Å². The summed E-state index contributed by atoms with van der Waals surface area (Å²) in [4.78, 5) is 41.5. The lowest BCUT2D eigenvalue weighted by Crippen LogP contribution is -2.10. The number of hydrogen-bond donors (Lipinski definition) is 4. The minimum Gasteiger partial charge on any atom is -0.481 e. The third-order valence-corrected chi connectivity index (χ3v) is 2.22. The van der Waals surface area contributed by atoms with Crippen LogP contribution in [0.15, 0.2) is 18.2 Å². The molecule has 0 atom stereocenters. The third kappa shape index (κ3) is 5.72. The molecular weight excluding hydrogens is 284 g/mol. The summed E-state index contributed by atoms with van der Waals surface area (Å²) in [5, 5.41) is 33.9. The highest BCUT2D eigenvalue weighted by molar-refractivity contribution is 6.03. The molecule has 0 aliphatic heterocycles. The lowest BCUT2D eigenvalue weighted by molar-refractivity contribution is -0.140. The van der Waals surface area contributed by atoms with Crippen LogP contribution >= 0.6 is 0 Å². The molecule has 0 aliphatic rings. The highest BCUT2D eigenvalue weighted by Gasteiger charge is 2.17. The molecule has 0 bridgehead atoms. The molecule has 0 radical (unpaired) electrons. The molecule has 0 saturated heterocycles. The van der Waals surface area contributed by atoms with Crippen LogP contribution in [0.4, 0.5) is 0 Å². The standard InChI is InChI=1S/C9H6O6.C4H8O2/c10-7(11)4-1-2-5(8(12)13)6(3-4)9(14)15;1-3(2)4(5)6/h1-3H,(H,10,11)(H,12,13)(H,14,15);3H,1-2H3,(H,5,6). The van der Waals surface area contributed by atoms with Crippen LogP contribution in [0, 0.1) is 5.92 Å². The van der Waals surface area contributed by atoms with Gasteiger partial charge in [-0.3, -0.25) is 4.79 Å². The molecule has 0 aromatic heterocycles. The largest absolute Gasteiger partial charge is 0.481 e. The first-order valence-corrected chi connectivity index (χ1v) is 5.64. The molecule has 0 amide bonds. The van der Waals surface area contributed by atoms with Crippen LogP contribution in [-0.2, 0) is 4.79 Å². The Balaban J connectivity index is 0.000000567. The van der Waals surface area contributed by atoms with E-state index in [2.05, 4.69) is 0 Å². The molecule has 0 saturated carbocycles. The average Bonchev–Trinajstić information content (AvgIpc) is 2.38. The lowest BCUT2D eigenvalue weighted by Gasteiger charge is -2.02. The minimum absolute atomic E-state index is 0.231. The van der Waals surface area contributed by atoms with Crippen LogP contribution in [0.2, 0.25) is 0 Å². The van der Waals surface area contributed by atoms with Gasteiger partial charge in [-0.25, -0.2) is 14.4 Å². The zero-order valence-corrected chi connectivity index (χ0v) is 11.2. The fraction of sp³-hybridized carbons (Fsp3) is 0.231. The second-order valence-electron chi connectivity index (χ2n) is 4.17. The van der Waals surface area contributed by atoms with E-state index in [0.717, 1.165) is 18.2 Å². The molecule has 0 aliphatic carbocycles. The van der Waals surface area contributed by atoms with Crippen LogP contribution in [0.5, 0.6) is 0 Å². The van der Waals surface area contributed by atoms with Gasteiger partial charge in [0.2, 0.25) is 0 Å². The molecule has 1 rings (SSSR count). The number of hydrogen-bond acceptors (Lipinski definition) is 4. The summed E-state index contributed by atoms with van der Waals surface area (Å²) in [7, 11) is 0. The van der Waals surface area contributed by atoms with Gasteiger partial charge < -0.3 is 20.4 Å². The van der Waals surface area contributed by atoms with Crippen molar-refractivity contribution in [2.24, 2.45) is 5.92 Å². The van der Waals surface area contributed by atoms with Crippen molar-refractivity contribution in [1.82, 2.24) is 0 Å². The van der Waals surface area contributed by atoms with E-state index in [4.69, 9.17) is 20.4 Å². The fourth-order valence-electron chi connectivity index (χ4n) is 1.04. The van der Waals surface area contributed by atoms with Gasteiger partial charge in [0.25, 0.3) is 0 Å². The molecule has 114 valence electrons. The van der Waals surface area contributed by atoms with Crippen molar-refractivity contribution in [3.63, 3.8) is 0 Å². The first-order chi connectivity index (χ1) is 9.57. The zero-order chi connectivity index (χ0) is 16.7. The normalized spacial score (nSPS) is 9.48. The Kier molecular flexibility index (Phi) is 6.58. The summed E-state index contributed by atoms with van der Waals surface area (Å²) in [6.45, 7) is 3.28. The smallest absolute Gasteiger partial charge is 0.336 e. The monoisotopic (exact) mass is 298 g/mol. The Morgan fingerprint density at radius 3 is 1.52 bits per heavy atom. The predicted molar refractivity (Wildman–Crippen MR) is 69.8 cm³/mol. The Labute approximate surface area is 119 Å². The Hall–Kier alpha value is -2.90. The minimum atomic E-state index is -1.48. The van der Waals surface area contributed by atoms with Crippen LogP contribution in [-0.4, -0.2) is 44.3 Å². The SMILES string of the molecule is CC(C)C(=O)O.O=C(O)c1ccc(C(=O)O)c(C(=O)O)c1. The number of carboxylic acid groups (broad SMARTS) is 4. The van der Waals surface area contributed by atoms with Crippen LogP contribution in [0.25, 0.3) is 0 Å². The number of aliphatic carboxylic acids is 1. The number of benzene rings is 1. The first-order valence-electron chi connectivity index (χ1n) is 5.64. The lowest BCUT2D eigenvalue weighted by atomic mass is 10.0. The summed E-state index contributed by atoms with van der Waals surface area (Å²) in [6.07, 6.45) is 0. The highest BCUT2D eigenvalue weighted by atomic mass is 16.4. The van der Waals surface area contributed by atoms with Crippen molar-refractivity contribution in [2.45, 2.75) is 13.8 Å². The van der Waals surface area contributed by atoms with E-state index < -0.39 is 35.0 Å². The van der Waals surface area contributed by atoms with Crippen LogP contribution in [0.1, 0.15) is 44.9 Å². The van der Waals surface area contributed by atoms with Crippen molar-refractivity contribution in [1.29, 1.82) is 0 Å². The van der Waals surface area contributed by atoms with E-state index in [1.807, 2.05) is 0 Å². The molecule has 8 heteroatoms. The van der Waals surface area contributed by atoms with Crippen molar-refractivity contribution in [2.75, 3.05) is 0 Å². The van der Waals surface area contributed by atoms with E-state index in [1.54, 1.807) is 13.8 Å². The second-order valence-corrected chi connectivity index (χ2v) is 4.17. The predicted octanol–water partition coefficient (Wildman–Crippen LogP) is 1.51. The summed E-state index contributed by atoms with van der Waals surface area (Å²) in [5.41, 5.74) is -1.24. The third-order valence-electron chi connectivity index (χ3n) is 2.22. The molecule has 4 N–H and O–H groups in total. The van der Waals surface area contributed by atoms with E-state index >= 15 is 0 Å². The number of carbonyl (C=O) groups is 4. The number of rotatable bonds is 4.